The number of fused-ring (bicyclic) bond motifs is 2. The first-order valence-electron chi connectivity index (χ1n) is 15.9. The number of nitrogens with zero attached hydrogens (tertiary/aromatic N) is 2. The third-order valence-electron chi connectivity index (χ3n) is 8.75. The molecule has 6 rings (SSSR count). The van der Waals surface area contributed by atoms with E-state index in [-0.39, 0.29) is 36.6 Å². The number of hydrogen-bond donors (Lipinski definition) is 0. The zero-order valence-corrected chi connectivity index (χ0v) is 29.2. The molecule has 1 fully saturated rings. The number of aryl methyl sites for hydroxylation is 1. The molecule has 0 N–H and O–H groups in total. The average Bonchev–Trinajstić information content (AvgIpc) is 3.52. The summed E-state index contributed by atoms with van der Waals surface area (Å²) in [5, 5.41) is 0. The molecule has 0 unspecified atom stereocenters. The summed E-state index contributed by atoms with van der Waals surface area (Å²) in [5.41, 5.74) is 2.91. The first-order chi connectivity index (χ1) is 24.1. The summed E-state index contributed by atoms with van der Waals surface area (Å²) in [6.07, 6.45) is -0.997. The van der Waals surface area contributed by atoms with Gasteiger partial charge >= 0.3 is 0 Å². The van der Waals surface area contributed by atoms with Crippen molar-refractivity contribution in [1.82, 2.24) is 4.90 Å². The Labute approximate surface area is 291 Å². The van der Waals surface area contributed by atoms with Gasteiger partial charge in [0, 0.05) is 19.0 Å². The van der Waals surface area contributed by atoms with Crippen LogP contribution >= 0.6 is 0 Å². The number of benzene rings is 4. The van der Waals surface area contributed by atoms with Gasteiger partial charge in [-0.2, -0.15) is 8.42 Å². The van der Waals surface area contributed by atoms with Crippen molar-refractivity contribution < 1.29 is 45.9 Å². The molecule has 262 valence electrons. The summed E-state index contributed by atoms with van der Waals surface area (Å²) in [4.78, 5) is 31.8. The molecule has 13 heteroatoms. The third kappa shape index (κ3) is 6.78. The number of carbonyl (C=O) groups is 2. The number of methoxy groups -OCH3 is 4. The Morgan fingerprint density at radius 1 is 0.760 bits per heavy atom. The normalized spacial score (nSPS) is 17.1. The zero-order chi connectivity index (χ0) is 35.6. The smallest absolute Gasteiger partial charge is 0.297 e. The Morgan fingerprint density at radius 3 is 2.04 bits per heavy atom. The molecule has 50 heavy (non-hydrogen) atoms. The van der Waals surface area contributed by atoms with Crippen LogP contribution in [0.5, 0.6) is 28.7 Å². The van der Waals surface area contributed by atoms with E-state index >= 15 is 0 Å². The minimum atomic E-state index is -4.18. The number of amides is 2. The van der Waals surface area contributed by atoms with E-state index in [0.717, 1.165) is 11.1 Å². The van der Waals surface area contributed by atoms with Crippen molar-refractivity contribution >= 4 is 27.6 Å². The molecule has 0 aromatic heterocycles. The minimum Gasteiger partial charge on any atom is -0.493 e. The van der Waals surface area contributed by atoms with Gasteiger partial charge in [-0.15, -0.1) is 0 Å². The predicted octanol–water partition coefficient (Wildman–Crippen LogP) is 5.14. The van der Waals surface area contributed by atoms with Crippen LogP contribution in [0.2, 0.25) is 0 Å². The van der Waals surface area contributed by atoms with Gasteiger partial charge < -0.3 is 33.5 Å². The summed E-state index contributed by atoms with van der Waals surface area (Å²) in [6.45, 7) is 1.94. The van der Waals surface area contributed by atoms with Crippen LogP contribution in [-0.2, 0) is 32.2 Å². The lowest BCUT2D eigenvalue weighted by molar-refractivity contribution is -0.122. The second-order valence-electron chi connectivity index (χ2n) is 11.9. The second-order valence-corrected chi connectivity index (χ2v) is 13.5. The number of rotatable bonds is 12. The van der Waals surface area contributed by atoms with Crippen LogP contribution in [0.3, 0.4) is 0 Å². The van der Waals surface area contributed by atoms with E-state index < -0.39 is 34.1 Å². The monoisotopic (exact) mass is 702 g/mol. The second kappa shape index (κ2) is 14.3. The molecular formula is C37H38N2O10S. The molecule has 2 heterocycles. The summed E-state index contributed by atoms with van der Waals surface area (Å²) < 4.78 is 60.5. The largest absolute Gasteiger partial charge is 0.493 e. The molecule has 0 bridgehead atoms. The molecule has 0 saturated carbocycles. The number of hydrogen-bond acceptors (Lipinski definition) is 10. The molecule has 2 aliphatic rings. The van der Waals surface area contributed by atoms with Crippen molar-refractivity contribution in [2.75, 3.05) is 39.9 Å². The summed E-state index contributed by atoms with van der Waals surface area (Å²) in [7, 11) is 1.78. The van der Waals surface area contributed by atoms with Gasteiger partial charge in [0.25, 0.3) is 16.0 Å². The van der Waals surface area contributed by atoms with Gasteiger partial charge in [-0.25, -0.2) is 0 Å². The van der Waals surface area contributed by atoms with Crippen LogP contribution in [0.1, 0.15) is 33.5 Å². The zero-order valence-electron chi connectivity index (χ0n) is 28.4. The highest BCUT2D eigenvalue weighted by Crippen LogP contribution is 2.43. The Kier molecular flexibility index (Phi) is 9.89. The van der Waals surface area contributed by atoms with Gasteiger partial charge in [-0.3, -0.25) is 13.8 Å². The Bertz CT molecular complexity index is 1980. The van der Waals surface area contributed by atoms with Gasteiger partial charge in [0.15, 0.2) is 23.0 Å². The van der Waals surface area contributed by atoms with Gasteiger partial charge in [0.1, 0.15) is 12.6 Å². The molecule has 0 radical (unpaired) electrons. The minimum absolute atomic E-state index is 0.00217. The SMILES string of the molecule is COc1cc2c(cc1OCc1ccccc1)N(Cc1cc(OC)c(OC)c(OC)c1)C(=O)[C@@H]1C[C@@H](OS(=O)(=O)c3ccc(C)cc3)CN1C2=O. The van der Waals surface area contributed by atoms with Gasteiger partial charge in [-0.05, 0) is 48.4 Å². The third-order valence-corrected chi connectivity index (χ3v) is 10.1. The fourth-order valence-corrected chi connectivity index (χ4v) is 7.32. The maximum Gasteiger partial charge on any atom is 0.297 e. The van der Waals surface area contributed by atoms with E-state index in [0.29, 0.717) is 40.0 Å². The fourth-order valence-electron chi connectivity index (χ4n) is 6.24. The molecule has 2 atom stereocenters. The van der Waals surface area contributed by atoms with E-state index in [1.54, 1.807) is 36.4 Å². The lowest BCUT2D eigenvalue weighted by Crippen LogP contribution is -2.44. The molecule has 12 nitrogen and oxygen atoms in total. The molecule has 4 aromatic rings. The number of ether oxygens (including phenoxy) is 5. The van der Waals surface area contributed by atoms with E-state index in [2.05, 4.69) is 0 Å². The maximum atomic E-state index is 14.6. The van der Waals surface area contributed by atoms with Crippen molar-refractivity contribution in [3.8, 4) is 28.7 Å². The van der Waals surface area contributed by atoms with Gasteiger partial charge in [0.2, 0.25) is 11.7 Å². The lowest BCUT2D eigenvalue weighted by Gasteiger charge is -2.27. The first kappa shape index (κ1) is 34.6. The molecule has 2 amide bonds. The molecule has 0 aliphatic carbocycles. The van der Waals surface area contributed by atoms with Crippen molar-refractivity contribution in [2.45, 2.75) is 43.5 Å². The Morgan fingerprint density at radius 2 is 1.42 bits per heavy atom. The molecule has 0 spiro atoms. The van der Waals surface area contributed by atoms with Crippen molar-refractivity contribution in [3.63, 3.8) is 0 Å². The van der Waals surface area contributed by atoms with Crippen molar-refractivity contribution in [2.24, 2.45) is 0 Å². The standard InChI is InChI=1S/C37H38N2O10S/c1-23-11-13-27(14-12-23)50(42,43)49-26-17-30-37(41)38(20-25-15-33(45-3)35(47-5)34(16-25)46-4)29-19-32(48-22-24-9-7-6-8-10-24)31(44-2)18-28(29)36(40)39(30)21-26/h6-16,18-19,26,30H,17,20-22H2,1-5H3/t26-,30+/m1/s1. The van der Waals surface area contributed by atoms with E-state index in [1.807, 2.05) is 37.3 Å². The van der Waals surface area contributed by atoms with E-state index in [1.165, 1.54) is 50.4 Å². The fraction of sp³-hybridized carbons (Fsp3) is 0.297. The molecule has 1 saturated heterocycles. The Hall–Kier alpha value is -5.27. The predicted molar refractivity (Wildman–Crippen MR) is 184 cm³/mol. The topological polar surface area (TPSA) is 130 Å². The summed E-state index contributed by atoms with van der Waals surface area (Å²) in [5.74, 6) is 0.883. The first-order valence-corrected chi connectivity index (χ1v) is 17.3. The van der Waals surface area contributed by atoms with Crippen molar-refractivity contribution in [3.05, 3.63) is 101 Å². The molecule has 4 aromatic carbocycles. The summed E-state index contributed by atoms with van der Waals surface area (Å²) >= 11 is 0. The van der Waals surface area contributed by atoms with Crippen molar-refractivity contribution in [1.29, 1.82) is 0 Å². The van der Waals surface area contributed by atoms with E-state index in [9.17, 15) is 18.0 Å². The quantitative estimate of drug-likeness (QED) is 0.183. The lowest BCUT2D eigenvalue weighted by atomic mass is 10.1. The van der Waals surface area contributed by atoms with Crippen LogP contribution in [-0.4, -0.2) is 72.3 Å². The highest BCUT2D eigenvalue weighted by Gasteiger charge is 2.47. The number of carbonyl (C=O) groups excluding carboxylic acids is 2. The average molecular weight is 703 g/mol. The van der Waals surface area contributed by atoms with Crippen LogP contribution in [0.25, 0.3) is 0 Å². The molecule has 2 aliphatic heterocycles. The van der Waals surface area contributed by atoms with Gasteiger partial charge in [-0.1, -0.05) is 48.0 Å². The number of anilines is 1. The summed E-state index contributed by atoms with van der Waals surface area (Å²) in [6, 6.07) is 21.4. The van der Waals surface area contributed by atoms with Crippen LogP contribution in [0.15, 0.2) is 83.8 Å². The molecular weight excluding hydrogens is 664 g/mol. The van der Waals surface area contributed by atoms with Crippen LogP contribution in [0, 0.1) is 6.92 Å². The van der Waals surface area contributed by atoms with Gasteiger partial charge in [0.05, 0.1) is 57.2 Å². The van der Waals surface area contributed by atoms with Crippen LogP contribution < -0.4 is 28.6 Å². The highest BCUT2D eigenvalue weighted by atomic mass is 32.2. The van der Waals surface area contributed by atoms with E-state index in [4.69, 9.17) is 27.9 Å². The maximum absolute atomic E-state index is 14.6. The van der Waals surface area contributed by atoms with Crippen LogP contribution in [0.4, 0.5) is 5.69 Å². The Balaban J connectivity index is 1.40. The highest BCUT2D eigenvalue weighted by molar-refractivity contribution is 7.86.